The van der Waals surface area contributed by atoms with Crippen LogP contribution in [0, 0.1) is 5.41 Å². The third-order valence-electron chi connectivity index (χ3n) is 5.90. The highest BCUT2D eigenvalue weighted by Gasteiger charge is 2.48. The first-order valence-electron chi connectivity index (χ1n) is 8.63. The fraction of sp³-hybridized carbons (Fsp3) is 0.556. The molecular formula is C18H23N3O4. The summed E-state index contributed by atoms with van der Waals surface area (Å²) in [4.78, 5) is 26.7. The Morgan fingerprint density at radius 3 is 2.60 bits per heavy atom. The summed E-state index contributed by atoms with van der Waals surface area (Å²) < 4.78 is 8.53. The van der Waals surface area contributed by atoms with Crippen LogP contribution in [0.4, 0.5) is 0 Å². The van der Waals surface area contributed by atoms with Crippen LogP contribution in [0.25, 0.3) is 11.0 Å². The van der Waals surface area contributed by atoms with Gasteiger partial charge < -0.3 is 14.7 Å². The number of carbonyl (C=O) groups is 1. The van der Waals surface area contributed by atoms with Crippen molar-refractivity contribution < 1.29 is 14.6 Å². The summed E-state index contributed by atoms with van der Waals surface area (Å²) in [6.07, 6.45) is 1.05. The average molecular weight is 345 g/mol. The van der Waals surface area contributed by atoms with E-state index in [-0.39, 0.29) is 17.0 Å². The summed E-state index contributed by atoms with van der Waals surface area (Å²) in [6, 6.07) is 5.33. The molecule has 2 saturated heterocycles. The van der Waals surface area contributed by atoms with Gasteiger partial charge in [0.1, 0.15) is 0 Å². The van der Waals surface area contributed by atoms with Crippen LogP contribution in [0.3, 0.4) is 0 Å². The molecule has 1 aromatic heterocycles. The summed E-state index contributed by atoms with van der Waals surface area (Å²) >= 11 is 0. The second kappa shape index (κ2) is 5.71. The molecule has 1 spiro atoms. The Hall–Kier alpha value is -2.12. The van der Waals surface area contributed by atoms with Gasteiger partial charge in [0, 0.05) is 51.4 Å². The van der Waals surface area contributed by atoms with Crippen molar-refractivity contribution in [1.29, 1.82) is 0 Å². The number of aliphatic hydroxyl groups is 1. The molecule has 7 heteroatoms. The lowest BCUT2D eigenvalue weighted by Gasteiger charge is -2.35. The number of carbonyl (C=O) groups excluding carboxylic acids is 1. The van der Waals surface area contributed by atoms with Gasteiger partial charge in [-0.1, -0.05) is 0 Å². The summed E-state index contributed by atoms with van der Waals surface area (Å²) in [5.74, 6) is -0.0966. The predicted molar refractivity (Wildman–Crippen MR) is 92.6 cm³/mol. The number of imidazole rings is 1. The number of rotatable bonds is 1. The quantitative estimate of drug-likeness (QED) is 0.816. The number of benzene rings is 1. The van der Waals surface area contributed by atoms with E-state index >= 15 is 0 Å². The second-order valence-electron chi connectivity index (χ2n) is 7.28. The summed E-state index contributed by atoms with van der Waals surface area (Å²) in [5.41, 5.74) is 1.73. The molecule has 2 fully saturated rings. The van der Waals surface area contributed by atoms with E-state index in [1.165, 1.54) is 0 Å². The average Bonchev–Trinajstić information content (AvgIpc) is 3.05. The molecule has 1 aromatic carbocycles. The lowest BCUT2D eigenvalue weighted by Crippen LogP contribution is -2.40. The Morgan fingerprint density at radius 1 is 1.20 bits per heavy atom. The largest absolute Gasteiger partial charge is 0.391 e. The van der Waals surface area contributed by atoms with Crippen molar-refractivity contribution in [3.05, 3.63) is 34.2 Å². The van der Waals surface area contributed by atoms with Crippen molar-refractivity contribution in [2.75, 3.05) is 26.3 Å². The number of ether oxygens (including phenoxy) is 1. The van der Waals surface area contributed by atoms with E-state index in [1.54, 1.807) is 46.3 Å². The normalized spacial score (nSPS) is 22.8. The Balaban J connectivity index is 1.64. The minimum atomic E-state index is -0.509. The summed E-state index contributed by atoms with van der Waals surface area (Å²) in [6.45, 7) is 2.18. The fourth-order valence-corrected chi connectivity index (χ4v) is 4.20. The molecule has 2 aliphatic rings. The van der Waals surface area contributed by atoms with Crippen molar-refractivity contribution in [1.82, 2.24) is 14.0 Å². The summed E-state index contributed by atoms with van der Waals surface area (Å²) in [5, 5.41) is 10.5. The van der Waals surface area contributed by atoms with Crippen LogP contribution in [-0.2, 0) is 18.8 Å². The van der Waals surface area contributed by atoms with Gasteiger partial charge in [0.05, 0.1) is 17.1 Å². The Labute approximate surface area is 145 Å². The molecule has 25 heavy (non-hydrogen) atoms. The van der Waals surface area contributed by atoms with E-state index in [9.17, 15) is 14.7 Å². The Bertz CT molecular complexity index is 892. The lowest BCUT2D eigenvalue weighted by atomic mass is 9.77. The smallest absolute Gasteiger partial charge is 0.328 e. The van der Waals surface area contributed by atoms with Crippen LogP contribution in [-0.4, -0.2) is 57.5 Å². The van der Waals surface area contributed by atoms with Gasteiger partial charge in [-0.3, -0.25) is 13.9 Å². The van der Waals surface area contributed by atoms with Gasteiger partial charge in [-0.05, 0) is 31.0 Å². The van der Waals surface area contributed by atoms with Crippen molar-refractivity contribution in [3.63, 3.8) is 0 Å². The van der Waals surface area contributed by atoms with E-state index in [2.05, 4.69) is 0 Å². The van der Waals surface area contributed by atoms with Crippen LogP contribution >= 0.6 is 0 Å². The zero-order valence-electron chi connectivity index (χ0n) is 14.6. The van der Waals surface area contributed by atoms with Gasteiger partial charge >= 0.3 is 5.69 Å². The number of likely N-dealkylation sites (tertiary alicyclic amines) is 1. The highest BCUT2D eigenvalue weighted by atomic mass is 16.5. The van der Waals surface area contributed by atoms with E-state index in [0.717, 1.165) is 23.9 Å². The van der Waals surface area contributed by atoms with Crippen LogP contribution in [0.1, 0.15) is 23.2 Å². The zero-order chi connectivity index (χ0) is 17.8. The third-order valence-corrected chi connectivity index (χ3v) is 5.90. The highest BCUT2D eigenvalue weighted by Crippen LogP contribution is 2.40. The SMILES string of the molecule is Cn1c(=O)n(C)c2cc(C(=O)N3CC(O)C4(CCOCC4)C3)ccc21. The monoisotopic (exact) mass is 345 g/mol. The van der Waals surface area contributed by atoms with Gasteiger partial charge in [-0.15, -0.1) is 0 Å². The van der Waals surface area contributed by atoms with Gasteiger partial charge in [0.2, 0.25) is 0 Å². The number of amides is 1. The highest BCUT2D eigenvalue weighted by molar-refractivity contribution is 5.97. The first-order valence-corrected chi connectivity index (χ1v) is 8.63. The molecule has 2 aromatic rings. The molecule has 2 aliphatic heterocycles. The van der Waals surface area contributed by atoms with Gasteiger partial charge in [-0.25, -0.2) is 4.79 Å². The molecule has 0 radical (unpaired) electrons. The molecule has 3 heterocycles. The van der Waals surface area contributed by atoms with Crippen molar-refractivity contribution in [2.24, 2.45) is 19.5 Å². The van der Waals surface area contributed by atoms with Crippen LogP contribution in [0.15, 0.2) is 23.0 Å². The maximum absolute atomic E-state index is 13.0. The number of fused-ring (bicyclic) bond motifs is 1. The molecule has 4 rings (SSSR count). The van der Waals surface area contributed by atoms with Crippen molar-refractivity contribution in [2.45, 2.75) is 18.9 Å². The minimum absolute atomic E-state index is 0.0966. The predicted octanol–water partition coefficient (Wildman–Crippen LogP) is 0.490. The zero-order valence-corrected chi connectivity index (χ0v) is 14.6. The number of nitrogens with zero attached hydrogens (tertiary/aromatic N) is 3. The number of aliphatic hydroxyl groups excluding tert-OH is 1. The van der Waals surface area contributed by atoms with E-state index < -0.39 is 6.10 Å². The topological polar surface area (TPSA) is 76.7 Å². The summed E-state index contributed by atoms with van der Waals surface area (Å²) in [7, 11) is 3.42. The molecule has 1 N–H and O–H groups in total. The van der Waals surface area contributed by atoms with Crippen molar-refractivity contribution >= 4 is 16.9 Å². The third kappa shape index (κ3) is 2.41. The second-order valence-corrected chi connectivity index (χ2v) is 7.28. The molecule has 1 atom stereocenters. The maximum Gasteiger partial charge on any atom is 0.328 e. The van der Waals surface area contributed by atoms with E-state index in [0.29, 0.717) is 31.9 Å². The number of aromatic nitrogens is 2. The molecule has 1 unspecified atom stereocenters. The molecular weight excluding hydrogens is 322 g/mol. The van der Waals surface area contributed by atoms with Crippen LogP contribution in [0.5, 0.6) is 0 Å². The number of aryl methyl sites for hydroxylation is 2. The number of β-amino-alcohol motifs (C(OH)–C–C–N with tert-alkyl or cyclic N) is 1. The first-order chi connectivity index (χ1) is 11.9. The molecule has 134 valence electrons. The molecule has 1 amide bonds. The van der Waals surface area contributed by atoms with Crippen LogP contribution in [0.2, 0.25) is 0 Å². The van der Waals surface area contributed by atoms with E-state index in [1.807, 2.05) is 0 Å². The maximum atomic E-state index is 13.0. The minimum Gasteiger partial charge on any atom is -0.391 e. The molecule has 7 nitrogen and oxygen atoms in total. The first kappa shape index (κ1) is 16.4. The van der Waals surface area contributed by atoms with Gasteiger partial charge in [-0.2, -0.15) is 0 Å². The molecule has 0 bridgehead atoms. The Kier molecular flexibility index (Phi) is 3.73. The van der Waals surface area contributed by atoms with E-state index in [4.69, 9.17) is 4.74 Å². The molecule has 0 aliphatic carbocycles. The van der Waals surface area contributed by atoms with Gasteiger partial charge in [0.25, 0.3) is 5.91 Å². The van der Waals surface area contributed by atoms with Crippen molar-refractivity contribution in [3.8, 4) is 0 Å². The van der Waals surface area contributed by atoms with Crippen LogP contribution < -0.4 is 5.69 Å². The lowest BCUT2D eigenvalue weighted by molar-refractivity contribution is -0.0341. The Morgan fingerprint density at radius 2 is 1.88 bits per heavy atom. The number of hydrogen-bond donors (Lipinski definition) is 1. The standard InChI is InChI=1S/C18H23N3O4/c1-19-13-4-3-12(9-14(13)20(2)17(19)24)16(23)21-10-15(22)18(11-21)5-7-25-8-6-18/h3-4,9,15,22H,5-8,10-11H2,1-2H3. The molecule has 0 saturated carbocycles. The fourth-order valence-electron chi connectivity index (χ4n) is 4.20. The number of hydrogen-bond acceptors (Lipinski definition) is 4. The van der Waals surface area contributed by atoms with Gasteiger partial charge in [0.15, 0.2) is 0 Å².